The third kappa shape index (κ3) is 4.68. The predicted molar refractivity (Wildman–Crippen MR) is 102 cm³/mol. The number of benzene rings is 1. The van der Waals surface area contributed by atoms with E-state index in [4.69, 9.17) is 11.6 Å². The van der Waals surface area contributed by atoms with E-state index in [9.17, 15) is 17.2 Å². The molecule has 0 bridgehead atoms. The second-order valence-corrected chi connectivity index (χ2v) is 7.73. The number of hydrogen-bond acceptors (Lipinski definition) is 5. The standard InChI is InChI=1S/C18H13ClF2N4O2S/c1-11-13(3-2-12-9-22-18(21)23-10-12)4-7-17(24-11)25-28(26,27)16-6-5-14(20)8-15(16)19/h2-10H,1H3,(H,24,25)/b3-2+. The molecule has 3 aromatic rings. The van der Waals surface area contributed by atoms with Gasteiger partial charge in [0.2, 0.25) is 0 Å². The van der Waals surface area contributed by atoms with Gasteiger partial charge in [0, 0.05) is 23.7 Å². The van der Waals surface area contributed by atoms with E-state index < -0.39 is 21.9 Å². The Morgan fingerprint density at radius 1 is 1.07 bits per heavy atom. The SMILES string of the molecule is Cc1nc(NS(=O)(=O)c2ccc(F)cc2Cl)ccc1/C=C/c1cnc(F)nc1. The van der Waals surface area contributed by atoms with E-state index in [1.165, 1.54) is 18.5 Å². The smallest absolute Gasteiger partial charge is 0.263 e. The van der Waals surface area contributed by atoms with E-state index in [1.54, 1.807) is 25.1 Å². The maximum absolute atomic E-state index is 13.1. The molecule has 0 atom stereocenters. The first-order valence-corrected chi connectivity index (χ1v) is 9.72. The van der Waals surface area contributed by atoms with E-state index in [0.29, 0.717) is 16.8 Å². The first-order chi connectivity index (χ1) is 13.2. The van der Waals surface area contributed by atoms with Crippen LogP contribution in [0, 0.1) is 18.8 Å². The number of hydrogen-bond donors (Lipinski definition) is 1. The molecule has 0 spiro atoms. The topological polar surface area (TPSA) is 84.8 Å². The quantitative estimate of drug-likeness (QED) is 0.626. The summed E-state index contributed by atoms with van der Waals surface area (Å²) < 4.78 is 53.1. The fourth-order valence-corrected chi connectivity index (χ4v) is 3.82. The Labute approximate surface area is 165 Å². The van der Waals surface area contributed by atoms with Crippen LogP contribution < -0.4 is 4.72 Å². The molecule has 144 valence electrons. The zero-order valence-electron chi connectivity index (χ0n) is 14.4. The van der Waals surface area contributed by atoms with Crippen LogP contribution in [0.1, 0.15) is 16.8 Å². The molecule has 1 N–H and O–H groups in total. The minimum absolute atomic E-state index is 0.0835. The summed E-state index contributed by atoms with van der Waals surface area (Å²) in [5.74, 6) is -0.555. The number of rotatable bonds is 5. The molecule has 2 aromatic heterocycles. The van der Waals surface area contributed by atoms with Gasteiger partial charge in [-0.15, -0.1) is 0 Å². The van der Waals surface area contributed by atoms with E-state index >= 15 is 0 Å². The molecule has 6 nitrogen and oxygen atoms in total. The van der Waals surface area contributed by atoms with Crippen LogP contribution in [-0.2, 0) is 10.0 Å². The zero-order valence-corrected chi connectivity index (χ0v) is 16.0. The maximum Gasteiger partial charge on any atom is 0.308 e. The lowest BCUT2D eigenvalue weighted by atomic mass is 10.1. The lowest BCUT2D eigenvalue weighted by Crippen LogP contribution is -2.15. The molecule has 0 saturated heterocycles. The van der Waals surface area contributed by atoms with Gasteiger partial charge in [-0.1, -0.05) is 23.8 Å². The summed E-state index contributed by atoms with van der Waals surface area (Å²) in [6, 6.07) is 6.14. The molecule has 0 aliphatic rings. The van der Waals surface area contributed by atoms with Gasteiger partial charge in [-0.25, -0.2) is 27.8 Å². The van der Waals surface area contributed by atoms with Crippen LogP contribution in [-0.4, -0.2) is 23.4 Å². The molecule has 1 aromatic carbocycles. The number of pyridine rings is 1. The van der Waals surface area contributed by atoms with E-state index in [0.717, 1.165) is 18.2 Å². The van der Waals surface area contributed by atoms with Crippen molar-refractivity contribution in [2.24, 2.45) is 0 Å². The first kappa shape index (κ1) is 19.8. The lowest BCUT2D eigenvalue weighted by molar-refractivity contribution is 0.538. The van der Waals surface area contributed by atoms with Crippen molar-refractivity contribution in [3.63, 3.8) is 0 Å². The minimum Gasteiger partial charge on any atom is -0.263 e. The van der Waals surface area contributed by atoms with Crippen LogP contribution in [0.15, 0.2) is 47.6 Å². The van der Waals surface area contributed by atoms with Gasteiger partial charge in [0.05, 0.1) is 5.02 Å². The second-order valence-electron chi connectivity index (χ2n) is 5.67. The van der Waals surface area contributed by atoms with Crippen molar-refractivity contribution in [2.75, 3.05) is 4.72 Å². The Morgan fingerprint density at radius 2 is 1.79 bits per heavy atom. The molecule has 0 saturated carbocycles. The number of anilines is 1. The van der Waals surface area contributed by atoms with Crippen LogP contribution in [0.5, 0.6) is 0 Å². The number of nitrogens with zero attached hydrogens (tertiary/aromatic N) is 3. The molecule has 28 heavy (non-hydrogen) atoms. The van der Waals surface area contributed by atoms with Crippen LogP contribution >= 0.6 is 11.6 Å². The first-order valence-electron chi connectivity index (χ1n) is 7.86. The van der Waals surface area contributed by atoms with Gasteiger partial charge in [0.15, 0.2) is 0 Å². The van der Waals surface area contributed by atoms with Crippen LogP contribution in [0.3, 0.4) is 0 Å². The number of aromatic nitrogens is 3. The zero-order chi connectivity index (χ0) is 20.3. The summed E-state index contributed by atoms with van der Waals surface area (Å²) in [7, 11) is -4.03. The largest absolute Gasteiger partial charge is 0.308 e. The minimum atomic E-state index is -4.03. The summed E-state index contributed by atoms with van der Waals surface area (Å²) in [5, 5.41) is -0.231. The van der Waals surface area contributed by atoms with Crippen LogP contribution in [0.2, 0.25) is 5.02 Å². The molecule has 0 fully saturated rings. The normalized spacial score (nSPS) is 11.7. The van der Waals surface area contributed by atoms with Crippen molar-refractivity contribution in [3.8, 4) is 0 Å². The second kappa shape index (κ2) is 7.99. The average molecular weight is 423 g/mol. The van der Waals surface area contributed by atoms with E-state index in [2.05, 4.69) is 19.7 Å². The lowest BCUT2D eigenvalue weighted by Gasteiger charge is -2.10. The van der Waals surface area contributed by atoms with Crippen LogP contribution in [0.4, 0.5) is 14.6 Å². The highest BCUT2D eigenvalue weighted by molar-refractivity contribution is 7.92. The summed E-state index contributed by atoms with van der Waals surface area (Å²) in [6.07, 6.45) is 5.24. The monoisotopic (exact) mass is 422 g/mol. The van der Waals surface area contributed by atoms with E-state index in [1.807, 2.05) is 0 Å². The molecule has 10 heteroatoms. The highest BCUT2D eigenvalue weighted by atomic mass is 35.5. The van der Waals surface area contributed by atoms with Gasteiger partial charge in [0.1, 0.15) is 16.5 Å². The van der Waals surface area contributed by atoms with Crippen molar-refractivity contribution in [3.05, 3.63) is 76.5 Å². The van der Waals surface area contributed by atoms with Crippen LogP contribution in [0.25, 0.3) is 12.2 Å². The summed E-state index contributed by atoms with van der Waals surface area (Å²) in [4.78, 5) is 10.9. The average Bonchev–Trinajstić information content (AvgIpc) is 2.62. The molecular formula is C18H13ClF2N4O2S. The van der Waals surface area contributed by atoms with Crippen molar-refractivity contribution in [1.29, 1.82) is 0 Å². The van der Waals surface area contributed by atoms with Crippen molar-refractivity contribution in [1.82, 2.24) is 15.0 Å². The Hall–Kier alpha value is -2.91. The molecule has 0 amide bonds. The van der Waals surface area contributed by atoms with Crippen molar-refractivity contribution >= 4 is 39.6 Å². The number of halogens is 3. The number of sulfonamides is 1. The van der Waals surface area contributed by atoms with Crippen molar-refractivity contribution < 1.29 is 17.2 Å². The summed E-state index contributed by atoms with van der Waals surface area (Å²) in [5.41, 5.74) is 1.85. The third-order valence-corrected chi connectivity index (χ3v) is 5.48. The summed E-state index contributed by atoms with van der Waals surface area (Å²) >= 11 is 5.82. The van der Waals surface area contributed by atoms with Gasteiger partial charge in [-0.3, -0.25) is 4.72 Å². The summed E-state index contributed by atoms with van der Waals surface area (Å²) in [6.45, 7) is 1.70. The fraction of sp³-hybridized carbons (Fsp3) is 0.0556. The molecule has 0 unspecified atom stereocenters. The molecule has 3 rings (SSSR count). The third-order valence-electron chi connectivity index (χ3n) is 3.64. The Balaban J connectivity index is 1.81. The molecular weight excluding hydrogens is 410 g/mol. The molecule has 0 radical (unpaired) electrons. The van der Waals surface area contributed by atoms with Gasteiger partial charge >= 0.3 is 6.08 Å². The Morgan fingerprint density at radius 3 is 2.43 bits per heavy atom. The van der Waals surface area contributed by atoms with Gasteiger partial charge in [-0.2, -0.15) is 4.39 Å². The predicted octanol–water partition coefficient (Wildman–Crippen LogP) is 4.08. The highest BCUT2D eigenvalue weighted by Gasteiger charge is 2.19. The van der Waals surface area contributed by atoms with Gasteiger partial charge in [0.25, 0.3) is 10.0 Å². The fourth-order valence-electron chi connectivity index (χ4n) is 2.28. The van der Waals surface area contributed by atoms with Crippen molar-refractivity contribution in [2.45, 2.75) is 11.8 Å². The Kier molecular flexibility index (Phi) is 5.66. The Bertz CT molecular complexity index is 1150. The van der Waals surface area contributed by atoms with E-state index in [-0.39, 0.29) is 15.7 Å². The molecule has 0 aliphatic heterocycles. The highest BCUT2D eigenvalue weighted by Crippen LogP contribution is 2.24. The van der Waals surface area contributed by atoms with Gasteiger partial charge in [-0.05, 0) is 42.8 Å². The molecule has 2 heterocycles. The molecule has 0 aliphatic carbocycles. The van der Waals surface area contributed by atoms with Gasteiger partial charge < -0.3 is 0 Å². The number of nitrogens with one attached hydrogen (secondary N) is 1. The number of aryl methyl sites for hydroxylation is 1. The maximum atomic E-state index is 13.1.